The molecule has 0 radical (unpaired) electrons. The van der Waals surface area contributed by atoms with E-state index in [1.54, 1.807) is 42.5 Å². The normalized spacial score (nSPS) is 11.8. The summed E-state index contributed by atoms with van der Waals surface area (Å²) in [5.41, 5.74) is 2.15. The number of ether oxygens (including phenoxy) is 1. The van der Waals surface area contributed by atoms with E-state index in [1.807, 2.05) is 75.4 Å². The number of amides is 2. The highest BCUT2D eigenvalue weighted by atomic mass is 32.2. The fraction of sp³-hybridized carbons (Fsp3) is 0.235. The predicted octanol–water partition coefficient (Wildman–Crippen LogP) is 5.93. The lowest BCUT2D eigenvalue weighted by Gasteiger charge is -2.33. The molecule has 43 heavy (non-hydrogen) atoms. The van der Waals surface area contributed by atoms with E-state index in [0.29, 0.717) is 30.2 Å². The molecule has 224 valence electrons. The Kier molecular flexibility index (Phi) is 10.6. The zero-order chi connectivity index (χ0) is 30.8. The number of sulfonamides is 1. The molecule has 0 aliphatic carbocycles. The molecule has 4 aromatic rings. The molecular weight excluding hydrogens is 562 g/mol. The first-order valence-corrected chi connectivity index (χ1v) is 15.7. The quantitative estimate of drug-likeness (QED) is 0.206. The van der Waals surface area contributed by atoms with Gasteiger partial charge < -0.3 is 15.0 Å². The Labute approximate surface area is 254 Å². The molecular formula is C34H37N3O5S. The van der Waals surface area contributed by atoms with E-state index in [2.05, 4.69) is 5.32 Å². The number of benzene rings is 4. The Morgan fingerprint density at radius 2 is 1.44 bits per heavy atom. The smallest absolute Gasteiger partial charge is 0.264 e. The first-order chi connectivity index (χ1) is 20.7. The SMILES string of the molecule is CCNC(=O)[C@@H](CC)N(Cc1cccc(C)c1)C(=O)CN(c1ccc(Oc2ccccc2)cc1)S(=O)(=O)c1ccccc1. The summed E-state index contributed by atoms with van der Waals surface area (Å²) in [5.74, 6) is 0.373. The Hall–Kier alpha value is -4.63. The lowest BCUT2D eigenvalue weighted by Crippen LogP contribution is -2.52. The van der Waals surface area contributed by atoms with Gasteiger partial charge in [-0.05, 0) is 74.4 Å². The van der Waals surface area contributed by atoms with Crippen molar-refractivity contribution in [3.05, 3.63) is 120 Å². The number of anilines is 1. The summed E-state index contributed by atoms with van der Waals surface area (Å²) in [7, 11) is -4.15. The molecule has 0 spiro atoms. The Morgan fingerprint density at radius 1 is 0.814 bits per heavy atom. The maximum atomic E-state index is 14.1. The van der Waals surface area contributed by atoms with Crippen LogP contribution in [0.2, 0.25) is 0 Å². The fourth-order valence-electron chi connectivity index (χ4n) is 4.77. The van der Waals surface area contributed by atoms with E-state index < -0.39 is 28.5 Å². The third-order valence-electron chi connectivity index (χ3n) is 6.89. The molecule has 0 bridgehead atoms. The largest absolute Gasteiger partial charge is 0.457 e. The molecule has 0 saturated carbocycles. The van der Waals surface area contributed by atoms with Crippen LogP contribution in [0.3, 0.4) is 0 Å². The summed E-state index contributed by atoms with van der Waals surface area (Å²) in [6.07, 6.45) is 0.361. The van der Waals surface area contributed by atoms with E-state index >= 15 is 0 Å². The molecule has 4 aromatic carbocycles. The fourth-order valence-corrected chi connectivity index (χ4v) is 6.21. The predicted molar refractivity (Wildman–Crippen MR) is 168 cm³/mol. The second-order valence-corrected chi connectivity index (χ2v) is 11.9. The average Bonchev–Trinajstić information content (AvgIpc) is 3.01. The van der Waals surface area contributed by atoms with Crippen molar-refractivity contribution >= 4 is 27.5 Å². The number of nitrogens with zero attached hydrogens (tertiary/aromatic N) is 2. The van der Waals surface area contributed by atoms with E-state index in [-0.39, 0.29) is 17.3 Å². The molecule has 0 aliphatic rings. The van der Waals surface area contributed by atoms with Crippen molar-refractivity contribution in [2.24, 2.45) is 0 Å². The maximum Gasteiger partial charge on any atom is 0.264 e. The molecule has 0 saturated heterocycles. The molecule has 1 atom stereocenters. The molecule has 0 unspecified atom stereocenters. The van der Waals surface area contributed by atoms with Crippen LogP contribution in [0, 0.1) is 6.92 Å². The number of aryl methyl sites for hydroxylation is 1. The van der Waals surface area contributed by atoms with Crippen LogP contribution in [0.5, 0.6) is 11.5 Å². The molecule has 4 rings (SSSR count). The van der Waals surface area contributed by atoms with Crippen LogP contribution in [0.4, 0.5) is 5.69 Å². The molecule has 0 heterocycles. The summed E-state index contributed by atoms with van der Waals surface area (Å²) in [5, 5.41) is 2.82. The highest BCUT2D eigenvalue weighted by Gasteiger charge is 2.33. The van der Waals surface area contributed by atoms with E-state index in [0.717, 1.165) is 15.4 Å². The van der Waals surface area contributed by atoms with Gasteiger partial charge in [-0.25, -0.2) is 8.42 Å². The minimum absolute atomic E-state index is 0.0495. The number of carbonyl (C=O) groups is 2. The van der Waals surface area contributed by atoms with Crippen LogP contribution >= 0.6 is 0 Å². The van der Waals surface area contributed by atoms with Crippen LogP contribution in [-0.2, 0) is 26.2 Å². The van der Waals surface area contributed by atoms with Gasteiger partial charge in [0.2, 0.25) is 11.8 Å². The van der Waals surface area contributed by atoms with Gasteiger partial charge in [0.15, 0.2) is 0 Å². The van der Waals surface area contributed by atoms with Gasteiger partial charge in [-0.1, -0.05) is 73.2 Å². The van der Waals surface area contributed by atoms with Crippen molar-refractivity contribution in [1.29, 1.82) is 0 Å². The molecule has 0 aliphatic heterocycles. The number of para-hydroxylation sites is 1. The number of carbonyl (C=O) groups excluding carboxylic acids is 2. The van der Waals surface area contributed by atoms with Crippen LogP contribution < -0.4 is 14.4 Å². The van der Waals surface area contributed by atoms with Crippen molar-refractivity contribution in [3.8, 4) is 11.5 Å². The zero-order valence-corrected chi connectivity index (χ0v) is 25.5. The Balaban J connectivity index is 1.71. The summed E-state index contributed by atoms with van der Waals surface area (Å²) in [4.78, 5) is 28.7. The summed E-state index contributed by atoms with van der Waals surface area (Å²) < 4.78 is 35.0. The molecule has 0 fully saturated rings. The van der Waals surface area contributed by atoms with E-state index in [4.69, 9.17) is 4.74 Å². The molecule has 0 aromatic heterocycles. The van der Waals surface area contributed by atoms with E-state index in [9.17, 15) is 18.0 Å². The number of rotatable bonds is 13. The van der Waals surface area contributed by atoms with Crippen molar-refractivity contribution < 1.29 is 22.7 Å². The number of hydrogen-bond acceptors (Lipinski definition) is 5. The second-order valence-electron chi connectivity index (χ2n) is 10.1. The Bertz CT molecular complexity index is 1610. The molecule has 9 heteroatoms. The van der Waals surface area contributed by atoms with Crippen molar-refractivity contribution in [2.75, 3.05) is 17.4 Å². The third-order valence-corrected chi connectivity index (χ3v) is 8.67. The van der Waals surface area contributed by atoms with Crippen molar-refractivity contribution in [3.63, 3.8) is 0 Å². The third kappa shape index (κ3) is 8.02. The van der Waals surface area contributed by atoms with Gasteiger partial charge in [-0.15, -0.1) is 0 Å². The summed E-state index contributed by atoms with van der Waals surface area (Å²) >= 11 is 0. The van der Waals surface area contributed by atoms with Gasteiger partial charge in [-0.3, -0.25) is 13.9 Å². The summed E-state index contributed by atoms with van der Waals surface area (Å²) in [6, 6.07) is 30.7. The minimum Gasteiger partial charge on any atom is -0.457 e. The first kappa shape index (κ1) is 31.3. The molecule has 2 amide bonds. The number of hydrogen-bond donors (Lipinski definition) is 1. The maximum absolute atomic E-state index is 14.1. The van der Waals surface area contributed by atoms with Gasteiger partial charge in [-0.2, -0.15) is 0 Å². The standard InChI is InChI=1S/C34H37N3O5S/c1-4-32(34(39)35-5-2)36(24-27-14-12-13-26(3)23-27)33(38)25-37(43(40,41)31-17-10-7-11-18-31)28-19-21-30(22-20-28)42-29-15-8-6-9-16-29/h6-23,32H,4-5,24-25H2,1-3H3,(H,35,39)/t32-/m1/s1. The van der Waals surface area contributed by atoms with E-state index in [1.165, 1.54) is 17.0 Å². The van der Waals surface area contributed by atoms with Gasteiger partial charge in [0.1, 0.15) is 24.1 Å². The van der Waals surface area contributed by atoms with Crippen LogP contribution in [-0.4, -0.2) is 44.3 Å². The molecule has 8 nitrogen and oxygen atoms in total. The van der Waals surface area contributed by atoms with Gasteiger partial charge >= 0.3 is 0 Å². The molecule has 1 N–H and O–H groups in total. The lowest BCUT2D eigenvalue weighted by atomic mass is 10.1. The first-order valence-electron chi connectivity index (χ1n) is 14.3. The Morgan fingerprint density at radius 3 is 2.05 bits per heavy atom. The highest BCUT2D eigenvalue weighted by Crippen LogP contribution is 2.28. The second kappa shape index (κ2) is 14.5. The summed E-state index contributed by atoms with van der Waals surface area (Å²) in [6.45, 7) is 5.66. The highest BCUT2D eigenvalue weighted by molar-refractivity contribution is 7.92. The van der Waals surface area contributed by atoms with Crippen molar-refractivity contribution in [2.45, 2.75) is 44.7 Å². The topological polar surface area (TPSA) is 96.0 Å². The van der Waals surface area contributed by atoms with Gasteiger partial charge in [0, 0.05) is 13.1 Å². The van der Waals surface area contributed by atoms with Crippen LogP contribution in [0.1, 0.15) is 31.4 Å². The van der Waals surface area contributed by atoms with Crippen molar-refractivity contribution in [1.82, 2.24) is 10.2 Å². The van der Waals surface area contributed by atoms with Crippen LogP contribution in [0.25, 0.3) is 0 Å². The minimum atomic E-state index is -4.15. The number of likely N-dealkylation sites (N-methyl/N-ethyl adjacent to an activating group) is 1. The lowest BCUT2D eigenvalue weighted by molar-refractivity contribution is -0.140. The number of nitrogens with one attached hydrogen (secondary N) is 1. The van der Waals surface area contributed by atoms with Gasteiger partial charge in [0.05, 0.1) is 10.6 Å². The van der Waals surface area contributed by atoms with Gasteiger partial charge in [0.25, 0.3) is 10.0 Å². The zero-order valence-electron chi connectivity index (χ0n) is 24.6. The monoisotopic (exact) mass is 599 g/mol. The average molecular weight is 600 g/mol. The van der Waals surface area contributed by atoms with Crippen LogP contribution in [0.15, 0.2) is 114 Å².